The molecule has 0 unspecified atom stereocenters. The van der Waals surface area contributed by atoms with E-state index in [1.54, 1.807) is 20.4 Å². The van der Waals surface area contributed by atoms with Gasteiger partial charge < -0.3 is 9.47 Å². The summed E-state index contributed by atoms with van der Waals surface area (Å²) < 4.78 is 10.4. The Morgan fingerprint density at radius 2 is 1.85 bits per heavy atom. The molecule has 20 heavy (non-hydrogen) atoms. The van der Waals surface area contributed by atoms with Gasteiger partial charge in [-0.05, 0) is 30.3 Å². The minimum atomic E-state index is 0.532. The third-order valence-corrected chi connectivity index (χ3v) is 2.71. The van der Waals surface area contributed by atoms with Crippen molar-refractivity contribution in [1.29, 1.82) is 0 Å². The Kier molecular flexibility index (Phi) is 4.89. The molecule has 0 radical (unpaired) electrons. The third kappa shape index (κ3) is 3.68. The molecule has 0 heterocycles. The number of rotatable bonds is 4. The summed E-state index contributed by atoms with van der Waals surface area (Å²) in [6.07, 6.45) is 1.78. The standard InChI is InChI=1S/C16H16N2O2/c1-19-15-10-6-7-13(11-15)12-17-18-16(20-2)14-8-4-3-5-9-14/h3-12H,1-2H3/p+1. The quantitative estimate of drug-likeness (QED) is 0.515. The van der Waals surface area contributed by atoms with Gasteiger partial charge in [-0.15, -0.1) is 5.10 Å². The second-order valence-electron chi connectivity index (χ2n) is 4.04. The summed E-state index contributed by atoms with van der Waals surface area (Å²) in [5.41, 5.74) is 1.89. The molecule has 0 saturated heterocycles. The first-order valence-electron chi connectivity index (χ1n) is 6.23. The van der Waals surface area contributed by atoms with Gasteiger partial charge in [0.25, 0.3) is 5.90 Å². The average Bonchev–Trinajstić information content (AvgIpc) is 2.52. The second kappa shape index (κ2) is 7.09. The van der Waals surface area contributed by atoms with Crippen molar-refractivity contribution in [3.8, 4) is 5.75 Å². The lowest BCUT2D eigenvalue weighted by Crippen LogP contribution is -2.62. The van der Waals surface area contributed by atoms with E-state index in [1.165, 1.54) is 0 Å². The van der Waals surface area contributed by atoms with Crippen LogP contribution in [0.5, 0.6) is 5.75 Å². The van der Waals surface area contributed by atoms with Gasteiger partial charge in [-0.2, -0.15) is 0 Å². The molecule has 102 valence electrons. The highest BCUT2D eigenvalue weighted by Crippen LogP contribution is 2.09. The highest BCUT2D eigenvalue weighted by atomic mass is 16.5. The third-order valence-electron chi connectivity index (χ3n) is 2.71. The molecule has 0 saturated carbocycles. The molecule has 0 aromatic heterocycles. The molecule has 0 amide bonds. The topological polar surface area (TPSA) is 44.8 Å². The summed E-state index contributed by atoms with van der Waals surface area (Å²) in [5, 5.41) is 7.10. The fraction of sp³-hybridized carbons (Fsp3) is 0.125. The van der Waals surface area contributed by atoms with Gasteiger partial charge in [0.1, 0.15) is 5.75 Å². The van der Waals surface area contributed by atoms with Gasteiger partial charge >= 0.3 is 0 Å². The van der Waals surface area contributed by atoms with E-state index in [1.807, 2.05) is 54.6 Å². The lowest BCUT2D eigenvalue weighted by Gasteiger charge is -1.99. The zero-order valence-corrected chi connectivity index (χ0v) is 11.5. The molecule has 0 atom stereocenters. The SMILES string of the molecule is COC(=N[NH+]=Cc1cccc(OC)c1)c1ccccc1. The molecule has 2 rings (SSSR count). The molecule has 0 fully saturated rings. The highest BCUT2D eigenvalue weighted by Gasteiger charge is 2.04. The molecule has 0 aliphatic heterocycles. The van der Waals surface area contributed by atoms with Crippen molar-refractivity contribution in [3.63, 3.8) is 0 Å². The predicted molar refractivity (Wildman–Crippen MR) is 79.1 cm³/mol. The Bertz CT molecular complexity index is 607. The molecule has 4 nitrogen and oxygen atoms in total. The predicted octanol–water partition coefficient (Wildman–Crippen LogP) is 1.20. The van der Waals surface area contributed by atoms with Gasteiger partial charge in [0.2, 0.25) is 6.21 Å². The lowest BCUT2D eigenvalue weighted by molar-refractivity contribution is -0.457. The molecule has 2 aromatic carbocycles. The molecule has 0 spiro atoms. The van der Waals surface area contributed by atoms with Gasteiger partial charge in [-0.1, -0.05) is 24.3 Å². The second-order valence-corrected chi connectivity index (χ2v) is 4.04. The number of hydrogen-bond acceptors (Lipinski definition) is 3. The van der Waals surface area contributed by atoms with Crippen LogP contribution in [0.15, 0.2) is 59.7 Å². The van der Waals surface area contributed by atoms with Crippen molar-refractivity contribution in [2.24, 2.45) is 5.10 Å². The van der Waals surface area contributed by atoms with E-state index in [-0.39, 0.29) is 0 Å². The fourth-order valence-electron chi connectivity index (χ4n) is 1.71. The molecular weight excluding hydrogens is 252 g/mol. The maximum atomic E-state index is 5.26. The molecule has 0 bridgehead atoms. The number of ether oxygens (including phenoxy) is 2. The van der Waals surface area contributed by atoms with Crippen LogP contribution in [-0.2, 0) is 4.74 Å². The van der Waals surface area contributed by atoms with Crippen LogP contribution in [0, 0.1) is 0 Å². The van der Waals surface area contributed by atoms with E-state index in [2.05, 4.69) is 10.2 Å². The summed E-state index contributed by atoms with van der Waals surface area (Å²) >= 11 is 0. The smallest absolute Gasteiger partial charge is 0.285 e. The first-order valence-corrected chi connectivity index (χ1v) is 6.23. The largest absolute Gasteiger partial charge is 0.497 e. The van der Waals surface area contributed by atoms with Crippen molar-refractivity contribution < 1.29 is 14.6 Å². The minimum absolute atomic E-state index is 0.532. The van der Waals surface area contributed by atoms with Gasteiger partial charge in [-0.3, -0.25) is 0 Å². The summed E-state index contributed by atoms with van der Waals surface area (Å²) in [5.74, 6) is 1.34. The van der Waals surface area contributed by atoms with Crippen molar-refractivity contribution in [3.05, 3.63) is 65.7 Å². The van der Waals surface area contributed by atoms with Crippen LogP contribution in [0.25, 0.3) is 0 Å². The zero-order valence-electron chi connectivity index (χ0n) is 11.5. The molecule has 2 aromatic rings. The van der Waals surface area contributed by atoms with E-state index in [4.69, 9.17) is 9.47 Å². The molecule has 0 aliphatic rings. The number of methoxy groups -OCH3 is 2. The van der Waals surface area contributed by atoms with Crippen LogP contribution in [0.4, 0.5) is 0 Å². The molecule has 0 aliphatic carbocycles. The van der Waals surface area contributed by atoms with E-state index in [9.17, 15) is 0 Å². The number of nitrogens with zero attached hydrogens (tertiary/aromatic N) is 1. The van der Waals surface area contributed by atoms with E-state index >= 15 is 0 Å². The average molecular weight is 269 g/mol. The van der Waals surface area contributed by atoms with Crippen LogP contribution in [0.2, 0.25) is 0 Å². The van der Waals surface area contributed by atoms with Crippen LogP contribution in [-0.4, -0.2) is 26.3 Å². The molecule has 1 N–H and O–H groups in total. The van der Waals surface area contributed by atoms with Crippen molar-refractivity contribution in [1.82, 2.24) is 0 Å². The Labute approximate surface area is 118 Å². The van der Waals surface area contributed by atoms with Crippen LogP contribution in [0.3, 0.4) is 0 Å². The maximum absolute atomic E-state index is 5.26. The van der Waals surface area contributed by atoms with Crippen LogP contribution < -0.4 is 9.84 Å². The maximum Gasteiger partial charge on any atom is 0.285 e. The van der Waals surface area contributed by atoms with Gasteiger partial charge in [0, 0.05) is 16.2 Å². The minimum Gasteiger partial charge on any atom is -0.497 e. The van der Waals surface area contributed by atoms with Crippen molar-refractivity contribution >= 4 is 12.1 Å². The van der Waals surface area contributed by atoms with Crippen molar-refractivity contribution in [2.75, 3.05) is 14.2 Å². The van der Waals surface area contributed by atoms with Crippen molar-refractivity contribution in [2.45, 2.75) is 0 Å². The number of hydrazone groups is 1. The van der Waals surface area contributed by atoms with Gasteiger partial charge in [-0.25, -0.2) is 0 Å². The van der Waals surface area contributed by atoms with E-state index < -0.39 is 0 Å². The molecule has 4 heteroatoms. The monoisotopic (exact) mass is 269 g/mol. The summed E-state index contributed by atoms with van der Waals surface area (Å²) in [6, 6.07) is 17.4. The normalized spacial score (nSPS) is 11.6. The lowest BCUT2D eigenvalue weighted by atomic mass is 10.2. The number of nitrogens with one attached hydrogen (secondary N) is 1. The summed E-state index contributed by atoms with van der Waals surface area (Å²) in [7, 11) is 3.24. The Hall–Kier alpha value is -2.62. The van der Waals surface area contributed by atoms with Crippen LogP contribution in [0.1, 0.15) is 11.1 Å². The summed E-state index contributed by atoms with van der Waals surface area (Å²) in [6.45, 7) is 0. The Balaban J connectivity index is 2.15. The van der Waals surface area contributed by atoms with E-state index in [0.29, 0.717) is 5.90 Å². The number of benzene rings is 2. The number of hydrogen-bond donors (Lipinski definition) is 1. The Morgan fingerprint density at radius 3 is 2.55 bits per heavy atom. The van der Waals surface area contributed by atoms with Gasteiger partial charge in [0.05, 0.1) is 14.2 Å². The highest BCUT2D eigenvalue weighted by molar-refractivity contribution is 5.93. The van der Waals surface area contributed by atoms with E-state index in [0.717, 1.165) is 16.9 Å². The molecular formula is C16H17N2O2+. The first-order chi connectivity index (χ1) is 9.83. The zero-order chi connectivity index (χ0) is 14.2. The first kappa shape index (κ1) is 13.8. The Morgan fingerprint density at radius 1 is 1.05 bits per heavy atom. The summed E-state index contributed by atoms with van der Waals surface area (Å²) in [4.78, 5) is 0. The van der Waals surface area contributed by atoms with Gasteiger partial charge in [0.15, 0.2) is 0 Å². The fourth-order valence-corrected chi connectivity index (χ4v) is 1.71. The van der Waals surface area contributed by atoms with Crippen LogP contribution >= 0.6 is 0 Å².